The highest BCUT2D eigenvalue weighted by atomic mass is 32.2. The van der Waals surface area contributed by atoms with Crippen molar-refractivity contribution < 1.29 is 13.2 Å². The van der Waals surface area contributed by atoms with Gasteiger partial charge >= 0.3 is 0 Å². The Bertz CT molecular complexity index is 2050. The third kappa shape index (κ3) is 3.13. The fraction of sp³-hybridized carbons (Fsp3) is 0.233. The Balaban J connectivity index is 1.52. The van der Waals surface area contributed by atoms with Crippen molar-refractivity contribution in [2.45, 2.75) is 29.6 Å². The third-order valence-corrected chi connectivity index (χ3v) is 10.2. The normalized spacial score (nSPS) is 20.1. The molecule has 1 spiro atoms. The minimum absolute atomic E-state index is 0.0138. The minimum Gasteiger partial charge on any atom is -0.316 e. The van der Waals surface area contributed by atoms with Crippen LogP contribution < -0.4 is 10.5 Å². The van der Waals surface area contributed by atoms with Crippen molar-refractivity contribution in [3.63, 3.8) is 0 Å². The third-order valence-electron chi connectivity index (χ3n) is 8.45. The lowest BCUT2D eigenvalue weighted by Gasteiger charge is -2.14. The van der Waals surface area contributed by atoms with Gasteiger partial charge < -0.3 is 9.47 Å². The number of anilines is 1. The molecule has 2 unspecified atom stereocenters. The summed E-state index contributed by atoms with van der Waals surface area (Å²) in [5.74, 6) is -0.194. The standard InChI is InChI=1S/C30H27N5O4S/c1-18-9-11-20(12-10-18)40(38,39)35-26(19-15-31-33(3)16-19)13-21-22(17-32(2)28(36)27(21)35)24-14-30(24)23-7-5-6-8-25(23)34(4)29(30)37/h5-13,15-17,24H,14H2,1-4H3. The first-order valence-corrected chi connectivity index (χ1v) is 14.4. The van der Waals surface area contributed by atoms with E-state index in [1.807, 2.05) is 31.2 Å². The van der Waals surface area contributed by atoms with E-state index in [0.29, 0.717) is 23.1 Å². The number of fused-ring (bicyclic) bond motifs is 3. The maximum atomic E-state index is 14.2. The van der Waals surface area contributed by atoms with Crippen LogP contribution in [-0.4, -0.2) is 39.7 Å². The fourth-order valence-corrected chi connectivity index (χ4v) is 7.88. The minimum atomic E-state index is -4.17. The van der Waals surface area contributed by atoms with E-state index < -0.39 is 21.0 Å². The molecule has 5 aromatic rings. The van der Waals surface area contributed by atoms with Crippen LogP contribution in [0.4, 0.5) is 5.69 Å². The molecule has 40 heavy (non-hydrogen) atoms. The van der Waals surface area contributed by atoms with Crippen molar-refractivity contribution in [3.05, 3.63) is 100 Å². The lowest BCUT2D eigenvalue weighted by molar-refractivity contribution is -0.120. The molecule has 1 aliphatic heterocycles. The van der Waals surface area contributed by atoms with Crippen LogP contribution in [0.15, 0.2) is 82.9 Å². The van der Waals surface area contributed by atoms with Gasteiger partial charge in [-0.05, 0) is 48.7 Å². The Labute approximate surface area is 230 Å². The number of carbonyl (C=O) groups is 1. The Morgan fingerprint density at radius 3 is 2.40 bits per heavy atom. The van der Waals surface area contributed by atoms with Crippen molar-refractivity contribution in [1.29, 1.82) is 0 Å². The molecule has 0 N–H and O–H groups in total. The molecule has 10 heteroatoms. The molecular weight excluding hydrogens is 526 g/mol. The van der Waals surface area contributed by atoms with Gasteiger partial charge in [0, 0.05) is 56.1 Å². The molecule has 202 valence electrons. The van der Waals surface area contributed by atoms with Gasteiger partial charge in [-0.1, -0.05) is 35.9 Å². The molecule has 0 saturated heterocycles. The van der Waals surface area contributed by atoms with E-state index in [0.717, 1.165) is 26.4 Å². The number of aromatic nitrogens is 4. The number of hydrogen-bond donors (Lipinski definition) is 0. The van der Waals surface area contributed by atoms with Crippen molar-refractivity contribution in [2.24, 2.45) is 14.1 Å². The zero-order valence-electron chi connectivity index (χ0n) is 22.5. The first kappa shape index (κ1) is 24.6. The van der Waals surface area contributed by atoms with Crippen LogP contribution in [-0.2, 0) is 34.3 Å². The second-order valence-corrected chi connectivity index (χ2v) is 12.7. The molecule has 3 aromatic heterocycles. The van der Waals surface area contributed by atoms with E-state index >= 15 is 0 Å². The molecule has 1 saturated carbocycles. The Hall–Kier alpha value is -4.44. The SMILES string of the molecule is Cc1ccc(S(=O)(=O)n2c(-c3cnn(C)c3)cc3c(C4CC45C(=O)N(C)c4ccccc45)cn(C)c(=O)c32)cc1. The van der Waals surface area contributed by atoms with Crippen molar-refractivity contribution in [3.8, 4) is 11.3 Å². The van der Waals surface area contributed by atoms with Crippen LogP contribution in [0.2, 0.25) is 0 Å². The molecule has 0 radical (unpaired) electrons. The van der Waals surface area contributed by atoms with E-state index in [9.17, 15) is 18.0 Å². The number of amides is 1. The topological polar surface area (TPSA) is 99.2 Å². The van der Waals surface area contributed by atoms with Crippen molar-refractivity contribution in [1.82, 2.24) is 18.3 Å². The van der Waals surface area contributed by atoms with E-state index in [1.165, 1.54) is 4.57 Å². The average molecular weight is 554 g/mol. The van der Waals surface area contributed by atoms with E-state index in [1.54, 1.807) is 79.6 Å². The number of aryl methyl sites for hydroxylation is 3. The Morgan fingerprint density at radius 2 is 1.70 bits per heavy atom. The molecule has 0 bridgehead atoms. The number of hydrogen-bond acceptors (Lipinski definition) is 5. The van der Waals surface area contributed by atoms with Crippen molar-refractivity contribution >= 4 is 32.5 Å². The summed E-state index contributed by atoms with van der Waals surface area (Å²) >= 11 is 0. The van der Waals surface area contributed by atoms with Gasteiger partial charge in [0.15, 0.2) is 0 Å². The van der Waals surface area contributed by atoms with Gasteiger partial charge in [0.05, 0.1) is 22.2 Å². The molecule has 1 aliphatic carbocycles. The lowest BCUT2D eigenvalue weighted by Crippen LogP contribution is -2.29. The van der Waals surface area contributed by atoms with Crippen molar-refractivity contribution in [2.75, 3.05) is 11.9 Å². The molecule has 1 fully saturated rings. The second-order valence-electron chi connectivity index (χ2n) is 10.9. The molecule has 2 atom stereocenters. The molecular formula is C30H27N5O4S. The van der Waals surface area contributed by atoms with Gasteiger partial charge in [-0.15, -0.1) is 0 Å². The highest BCUT2D eigenvalue weighted by molar-refractivity contribution is 7.90. The van der Waals surface area contributed by atoms with Crippen LogP contribution in [0.5, 0.6) is 0 Å². The van der Waals surface area contributed by atoms with Gasteiger partial charge in [-0.2, -0.15) is 5.10 Å². The largest absolute Gasteiger partial charge is 0.316 e. The smallest absolute Gasteiger partial charge is 0.275 e. The summed E-state index contributed by atoms with van der Waals surface area (Å²) in [5, 5.41) is 4.78. The molecule has 9 nitrogen and oxygen atoms in total. The average Bonchev–Trinajstić information content (AvgIpc) is 3.19. The molecule has 1 amide bonds. The highest BCUT2D eigenvalue weighted by Gasteiger charge is 2.67. The van der Waals surface area contributed by atoms with Gasteiger partial charge in [0.1, 0.15) is 5.52 Å². The van der Waals surface area contributed by atoms with Crippen LogP contribution in [0.1, 0.15) is 29.0 Å². The molecule has 2 aromatic carbocycles. The maximum Gasteiger partial charge on any atom is 0.275 e. The van der Waals surface area contributed by atoms with E-state index in [2.05, 4.69) is 5.10 Å². The first-order valence-electron chi connectivity index (χ1n) is 13.0. The fourth-order valence-electron chi connectivity index (χ4n) is 6.36. The maximum absolute atomic E-state index is 14.2. The monoisotopic (exact) mass is 553 g/mol. The number of benzene rings is 2. The summed E-state index contributed by atoms with van der Waals surface area (Å²) in [5.41, 5.74) is 3.35. The number of para-hydroxylation sites is 1. The molecule has 2 aliphatic rings. The number of nitrogens with zero attached hydrogens (tertiary/aromatic N) is 5. The first-order chi connectivity index (χ1) is 19.1. The predicted octanol–water partition coefficient (Wildman–Crippen LogP) is 3.69. The van der Waals surface area contributed by atoms with Gasteiger partial charge in [0.25, 0.3) is 15.6 Å². The zero-order valence-corrected chi connectivity index (χ0v) is 23.3. The van der Waals surface area contributed by atoms with Crippen LogP contribution in [0.3, 0.4) is 0 Å². The quantitative estimate of drug-likeness (QED) is 0.338. The highest BCUT2D eigenvalue weighted by Crippen LogP contribution is 2.66. The summed E-state index contributed by atoms with van der Waals surface area (Å²) in [7, 11) is 0.985. The van der Waals surface area contributed by atoms with E-state index in [-0.39, 0.29) is 22.2 Å². The van der Waals surface area contributed by atoms with Gasteiger partial charge in [0.2, 0.25) is 5.91 Å². The van der Waals surface area contributed by atoms with E-state index in [4.69, 9.17) is 0 Å². The number of pyridine rings is 1. The summed E-state index contributed by atoms with van der Waals surface area (Å²) in [6.07, 6.45) is 5.65. The summed E-state index contributed by atoms with van der Waals surface area (Å²) in [6, 6.07) is 16.1. The van der Waals surface area contributed by atoms with Crippen LogP contribution >= 0.6 is 0 Å². The number of rotatable bonds is 4. The lowest BCUT2D eigenvalue weighted by atomic mass is 9.91. The number of likely N-dealkylation sites (N-methyl/N-ethyl adjacent to an activating group) is 1. The summed E-state index contributed by atoms with van der Waals surface area (Å²) in [4.78, 5) is 29.1. The Morgan fingerprint density at radius 1 is 0.975 bits per heavy atom. The van der Waals surface area contributed by atoms with Gasteiger partial charge in [-0.3, -0.25) is 14.3 Å². The Kier molecular flexibility index (Phi) is 4.95. The number of carbonyl (C=O) groups excluding carboxylic acids is 1. The van der Waals surface area contributed by atoms with Crippen LogP contribution in [0.25, 0.3) is 22.2 Å². The zero-order chi connectivity index (χ0) is 28.1. The summed E-state index contributed by atoms with van der Waals surface area (Å²) < 4.78 is 32.6. The summed E-state index contributed by atoms with van der Waals surface area (Å²) in [6.45, 7) is 1.88. The predicted molar refractivity (Wildman–Crippen MR) is 152 cm³/mol. The van der Waals surface area contributed by atoms with Gasteiger partial charge in [-0.25, -0.2) is 12.4 Å². The van der Waals surface area contributed by atoms with Crippen LogP contribution in [0, 0.1) is 6.92 Å². The second kappa shape index (κ2) is 8.04. The molecule has 4 heterocycles. The molecule has 7 rings (SSSR count).